The van der Waals surface area contributed by atoms with Gasteiger partial charge in [-0.15, -0.1) is 0 Å². The van der Waals surface area contributed by atoms with E-state index >= 15 is 0 Å². The molecule has 158 valence electrons. The standard InChI is InChI=1S/C26H31NO3/c1-20(2)24(17-28)27-16-23-13-14-25(29-18-21-9-5-3-6-10-21)26(15-23)30-19-22-11-7-4-8-12-22/h3-15,20,24,27-28H,16-19H2,1-2H3. The molecule has 1 unspecified atom stereocenters. The molecule has 3 aromatic carbocycles. The number of aliphatic hydroxyl groups excluding tert-OH is 1. The summed E-state index contributed by atoms with van der Waals surface area (Å²) in [6.45, 7) is 5.94. The molecule has 0 aliphatic heterocycles. The molecule has 3 aromatic rings. The van der Waals surface area contributed by atoms with Crippen molar-refractivity contribution < 1.29 is 14.6 Å². The Kier molecular flexibility index (Phi) is 8.30. The third kappa shape index (κ3) is 6.61. The van der Waals surface area contributed by atoms with Gasteiger partial charge < -0.3 is 19.9 Å². The largest absolute Gasteiger partial charge is 0.485 e. The van der Waals surface area contributed by atoms with Crippen molar-refractivity contribution in [3.05, 3.63) is 95.6 Å². The molecule has 0 saturated carbocycles. The Morgan fingerprint density at radius 3 is 1.83 bits per heavy atom. The predicted octanol–water partition coefficient (Wildman–Crippen LogP) is 4.95. The summed E-state index contributed by atoms with van der Waals surface area (Å²) < 4.78 is 12.2. The summed E-state index contributed by atoms with van der Waals surface area (Å²) in [5, 5.41) is 13.0. The molecule has 0 saturated heterocycles. The van der Waals surface area contributed by atoms with E-state index in [1.165, 1.54) is 0 Å². The second kappa shape index (κ2) is 11.4. The van der Waals surface area contributed by atoms with Crippen LogP contribution in [0.2, 0.25) is 0 Å². The lowest BCUT2D eigenvalue weighted by molar-refractivity contribution is 0.210. The Morgan fingerprint density at radius 2 is 1.30 bits per heavy atom. The topological polar surface area (TPSA) is 50.7 Å². The molecule has 0 heterocycles. The first-order valence-corrected chi connectivity index (χ1v) is 10.5. The maximum atomic E-state index is 9.55. The van der Waals surface area contributed by atoms with Gasteiger partial charge in [0.15, 0.2) is 11.5 Å². The van der Waals surface area contributed by atoms with E-state index in [-0.39, 0.29) is 12.6 Å². The predicted molar refractivity (Wildman–Crippen MR) is 121 cm³/mol. The fourth-order valence-corrected chi connectivity index (χ4v) is 3.13. The number of hydrogen-bond acceptors (Lipinski definition) is 4. The van der Waals surface area contributed by atoms with Gasteiger partial charge in [-0.3, -0.25) is 0 Å². The Bertz CT molecular complexity index is 881. The average molecular weight is 406 g/mol. The molecule has 0 aliphatic rings. The van der Waals surface area contributed by atoms with Gasteiger partial charge in [0.2, 0.25) is 0 Å². The van der Waals surface area contributed by atoms with Crippen LogP contribution >= 0.6 is 0 Å². The normalized spacial score (nSPS) is 12.0. The first kappa shape index (κ1) is 21.9. The van der Waals surface area contributed by atoms with Crippen LogP contribution < -0.4 is 14.8 Å². The summed E-state index contributed by atoms with van der Waals surface area (Å²) in [5.41, 5.74) is 3.30. The minimum absolute atomic E-state index is 0.0627. The first-order valence-electron chi connectivity index (χ1n) is 10.5. The number of ether oxygens (including phenoxy) is 2. The molecule has 0 fully saturated rings. The molecule has 4 heteroatoms. The molecule has 3 rings (SSSR count). The maximum absolute atomic E-state index is 9.55. The maximum Gasteiger partial charge on any atom is 0.162 e. The average Bonchev–Trinajstić information content (AvgIpc) is 2.78. The van der Waals surface area contributed by atoms with Gasteiger partial charge in [0, 0.05) is 12.6 Å². The zero-order chi connectivity index (χ0) is 21.2. The highest BCUT2D eigenvalue weighted by Gasteiger charge is 2.13. The molecule has 0 radical (unpaired) electrons. The fourth-order valence-electron chi connectivity index (χ4n) is 3.13. The zero-order valence-corrected chi connectivity index (χ0v) is 17.8. The van der Waals surface area contributed by atoms with Crippen molar-refractivity contribution in [2.24, 2.45) is 5.92 Å². The van der Waals surface area contributed by atoms with Crippen molar-refractivity contribution in [2.45, 2.75) is 39.6 Å². The number of benzene rings is 3. The van der Waals surface area contributed by atoms with Gasteiger partial charge in [-0.1, -0.05) is 80.6 Å². The smallest absolute Gasteiger partial charge is 0.162 e. The highest BCUT2D eigenvalue weighted by atomic mass is 16.5. The van der Waals surface area contributed by atoms with Crippen LogP contribution in [0.5, 0.6) is 11.5 Å². The van der Waals surface area contributed by atoms with E-state index < -0.39 is 0 Å². The van der Waals surface area contributed by atoms with Gasteiger partial charge in [-0.25, -0.2) is 0 Å². The van der Waals surface area contributed by atoms with Gasteiger partial charge in [0.25, 0.3) is 0 Å². The first-order chi connectivity index (χ1) is 14.7. The summed E-state index contributed by atoms with van der Waals surface area (Å²) in [4.78, 5) is 0. The second-order valence-electron chi connectivity index (χ2n) is 7.74. The van der Waals surface area contributed by atoms with Crippen LogP contribution in [0.25, 0.3) is 0 Å². The summed E-state index contributed by atoms with van der Waals surface area (Å²) >= 11 is 0. The summed E-state index contributed by atoms with van der Waals surface area (Å²) in [7, 11) is 0. The van der Waals surface area contributed by atoms with Crippen molar-refractivity contribution in [1.82, 2.24) is 5.32 Å². The van der Waals surface area contributed by atoms with Crippen molar-refractivity contribution in [1.29, 1.82) is 0 Å². The van der Waals surface area contributed by atoms with Crippen LogP contribution in [0, 0.1) is 5.92 Å². The molecule has 30 heavy (non-hydrogen) atoms. The zero-order valence-electron chi connectivity index (χ0n) is 17.8. The SMILES string of the molecule is CC(C)C(CO)NCc1ccc(OCc2ccccc2)c(OCc2ccccc2)c1. The van der Waals surface area contributed by atoms with E-state index in [1.807, 2.05) is 78.9 Å². The lowest BCUT2D eigenvalue weighted by atomic mass is 10.0. The van der Waals surface area contributed by atoms with Crippen LogP contribution in [0.15, 0.2) is 78.9 Å². The number of rotatable bonds is 11. The van der Waals surface area contributed by atoms with Crippen molar-refractivity contribution >= 4 is 0 Å². The lowest BCUT2D eigenvalue weighted by Crippen LogP contribution is -2.36. The Labute approximate surface area is 179 Å². The van der Waals surface area contributed by atoms with E-state index in [9.17, 15) is 5.11 Å². The molecule has 1 atom stereocenters. The Hall–Kier alpha value is -2.82. The van der Waals surface area contributed by atoms with Crippen LogP contribution in [-0.4, -0.2) is 17.8 Å². The number of hydrogen-bond donors (Lipinski definition) is 2. The summed E-state index contributed by atoms with van der Waals surface area (Å²) in [5.74, 6) is 1.80. The molecule has 0 spiro atoms. The fraction of sp³-hybridized carbons (Fsp3) is 0.308. The van der Waals surface area contributed by atoms with E-state index in [4.69, 9.17) is 9.47 Å². The van der Waals surface area contributed by atoms with Crippen LogP contribution in [0.4, 0.5) is 0 Å². The highest BCUT2D eigenvalue weighted by Crippen LogP contribution is 2.30. The van der Waals surface area contributed by atoms with Crippen molar-refractivity contribution in [3.63, 3.8) is 0 Å². The minimum atomic E-state index is 0.0627. The Balaban J connectivity index is 1.72. The molecule has 0 amide bonds. The van der Waals surface area contributed by atoms with Gasteiger partial charge >= 0.3 is 0 Å². The Morgan fingerprint density at radius 1 is 0.733 bits per heavy atom. The highest BCUT2D eigenvalue weighted by molar-refractivity contribution is 5.43. The van der Waals surface area contributed by atoms with Gasteiger partial charge in [0.05, 0.1) is 6.61 Å². The van der Waals surface area contributed by atoms with E-state index in [2.05, 4.69) is 19.2 Å². The van der Waals surface area contributed by atoms with Gasteiger partial charge in [-0.05, 0) is 34.7 Å². The van der Waals surface area contributed by atoms with E-state index in [0.717, 1.165) is 28.2 Å². The third-order valence-corrected chi connectivity index (χ3v) is 5.05. The van der Waals surface area contributed by atoms with Crippen LogP contribution in [0.3, 0.4) is 0 Å². The quantitative estimate of drug-likeness (QED) is 0.474. The third-order valence-electron chi connectivity index (χ3n) is 5.05. The van der Waals surface area contributed by atoms with Gasteiger partial charge in [-0.2, -0.15) is 0 Å². The molecular formula is C26H31NO3. The van der Waals surface area contributed by atoms with Crippen molar-refractivity contribution in [3.8, 4) is 11.5 Å². The van der Waals surface area contributed by atoms with Gasteiger partial charge in [0.1, 0.15) is 13.2 Å². The summed E-state index contributed by atoms with van der Waals surface area (Å²) in [6, 6.07) is 26.3. The van der Waals surface area contributed by atoms with Crippen molar-refractivity contribution in [2.75, 3.05) is 6.61 Å². The molecule has 0 aromatic heterocycles. The molecular weight excluding hydrogens is 374 g/mol. The molecule has 4 nitrogen and oxygen atoms in total. The molecule has 2 N–H and O–H groups in total. The number of aliphatic hydroxyl groups is 1. The molecule has 0 bridgehead atoms. The van der Waals surface area contributed by atoms with Crippen LogP contribution in [0.1, 0.15) is 30.5 Å². The minimum Gasteiger partial charge on any atom is -0.485 e. The monoisotopic (exact) mass is 405 g/mol. The molecule has 0 aliphatic carbocycles. The lowest BCUT2D eigenvalue weighted by Gasteiger charge is -2.20. The van der Waals surface area contributed by atoms with E-state index in [0.29, 0.717) is 25.7 Å². The van der Waals surface area contributed by atoms with Crippen LogP contribution in [-0.2, 0) is 19.8 Å². The summed E-state index contributed by atoms with van der Waals surface area (Å²) in [6.07, 6.45) is 0. The van der Waals surface area contributed by atoms with E-state index in [1.54, 1.807) is 0 Å². The number of nitrogens with one attached hydrogen (secondary N) is 1. The second-order valence-corrected chi connectivity index (χ2v) is 7.74.